The number of nitrogens with zero attached hydrogens (tertiary/aromatic N) is 3. The molecule has 1 aliphatic rings. The fraction of sp³-hybridized carbons (Fsp3) is 0.600. The lowest BCUT2D eigenvalue weighted by Gasteiger charge is -2.25. The number of pyridine rings is 1. The predicted octanol–water partition coefficient (Wildman–Crippen LogP) is 3.41. The fourth-order valence-corrected chi connectivity index (χ4v) is 2.92. The van der Waals surface area contributed by atoms with Crippen molar-refractivity contribution >= 4 is 22.8 Å². The molecule has 1 saturated carbocycles. The molecule has 5 heteroatoms. The van der Waals surface area contributed by atoms with E-state index in [1.807, 2.05) is 12.1 Å². The van der Waals surface area contributed by atoms with Crippen LogP contribution in [0.4, 0.5) is 0 Å². The van der Waals surface area contributed by atoms with Crippen molar-refractivity contribution in [3.05, 3.63) is 18.0 Å². The van der Waals surface area contributed by atoms with Crippen molar-refractivity contribution in [2.45, 2.75) is 38.6 Å². The van der Waals surface area contributed by atoms with Gasteiger partial charge in [0.1, 0.15) is 11.3 Å². The summed E-state index contributed by atoms with van der Waals surface area (Å²) in [4.78, 5) is 9.21. The smallest absolute Gasteiger partial charge is 0.215 e. The number of hydrogen-bond donors (Lipinski definition) is 0. The molecule has 2 aromatic rings. The molecule has 1 fully saturated rings. The van der Waals surface area contributed by atoms with E-state index in [0.29, 0.717) is 11.8 Å². The monoisotopic (exact) mass is 293 g/mol. The number of methoxy groups -OCH3 is 1. The van der Waals surface area contributed by atoms with Crippen molar-refractivity contribution in [1.29, 1.82) is 0 Å². The molecule has 0 atom stereocenters. The van der Waals surface area contributed by atoms with Crippen molar-refractivity contribution < 1.29 is 4.74 Å². The molecule has 0 unspecified atom stereocenters. The first-order valence-electron chi connectivity index (χ1n) is 7.28. The Morgan fingerprint density at radius 1 is 1.35 bits per heavy atom. The Hall–Kier alpha value is -1.29. The lowest BCUT2D eigenvalue weighted by Crippen LogP contribution is -2.15. The third-order valence-corrected chi connectivity index (χ3v) is 4.35. The van der Waals surface area contributed by atoms with Crippen LogP contribution in [-0.4, -0.2) is 27.5 Å². The van der Waals surface area contributed by atoms with Crippen LogP contribution in [0.5, 0.6) is 5.88 Å². The summed E-state index contributed by atoms with van der Waals surface area (Å²) < 4.78 is 7.45. The Balaban J connectivity index is 1.92. The second-order valence-electron chi connectivity index (χ2n) is 5.40. The van der Waals surface area contributed by atoms with E-state index < -0.39 is 0 Å². The molecule has 2 heterocycles. The molecule has 0 aromatic carbocycles. The first kappa shape index (κ1) is 13.7. The summed E-state index contributed by atoms with van der Waals surface area (Å²) in [6, 6.07) is 3.83. The number of aryl methyl sites for hydroxylation is 2. The molecule has 1 aliphatic carbocycles. The van der Waals surface area contributed by atoms with Gasteiger partial charge in [-0.2, -0.15) is 4.98 Å². The molecule has 0 saturated heterocycles. The number of alkyl halides is 1. The topological polar surface area (TPSA) is 39.9 Å². The molecule has 0 amide bonds. The third kappa shape index (κ3) is 2.62. The largest absolute Gasteiger partial charge is 0.481 e. The van der Waals surface area contributed by atoms with Crippen LogP contribution in [0.25, 0.3) is 11.2 Å². The molecule has 20 heavy (non-hydrogen) atoms. The second kappa shape index (κ2) is 6.00. The van der Waals surface area contributed by atoms with Crippen molar-refractivity contribution in [3.63, 3.8) is 0 Å². The summed E-state index contributed by atoms with van der Waals surface area (Å²) >= 11 is 5.90. The van der Waals surface area contributed by atoms with E-state index in [2.05, 4.69) is 14.5 Å². The van der Waals surface area contributed by atoms with E-state index in [1.165, 1.54) is 25.7 Å². The molecule has 0 N–H and O–H groups in total. The average molecular weight is 294 g/mol. The van der Waals surface area contributed by atoms with Gasteiger partial charge in [-0.3, -0.25) is 0 Å². The van der Waals surface area contributed by atoms with Crippen molar-refractivity contribution in [3.8, 4) is 5.88 Å². The number of ether oxygens (including phenoxy) is 1. The van der Waals surface area contributed by atoms with E-state index in [9.17, 15) is 0 Å². The van der Waals surface area contributed by atoms with E-state index in [0.717, 1.165) is 35.9 Å². The van der Waals surface area contributed by atoms with Crippen LogP contribution in [0.1, 0.15) is 31.5 Å². The van der Waals surface area contributed by atoms with Gasteiger partial charge in [0.2, 0.25) is 5.88 Å². The highest BCUT2D eigenvalue weighted by molar-refractivity contribution is 6.17. The normalized spacial score (nSPS) is 15.5. The molecule has 0 aliphatic heterocycles. The molecule has 0 radical (unpaired) electrons. The standard InChI is InChI=1S/C15H20ClN3O/c1-20-14-6-5-12-15(18-14)19(13(17-12)7-9-16)10-8-11-3-2-4-11/h5-6,11H,2-4,7-10H2,1H3. The number of rotatable bonds is 6. The first-order valence-corrected chi connectivity index (χ1v) is 7.81. The zero-order valence-electron chi connectivity index (χ0n) is 11.8. The molecule has 0 bridgehead atoms. The minimum absolute atomic E-state index is 0.587. The number of aromatic nitrogens is 3. The van der Waals surface area contributed by atoms with Crippen LogP contribution in [0.2, 0.25) is 0 Å². The van der Waals surface area contributed by atoms with Gasteiger partial charge in [0.05, 0.1) is 7.11 Å². The van der Waals surface area contributed by atoms with Gasteiger partial charge in [-0.05, 0) is 18.4 Å². The molecule has 3 rings (SSSR count). The van der Waals surface area contributed by atoms with Crippen LogP contribution < -0.4 is 4.74 Å². The van der Waals surface area contributed by atoms with Gasteiger partial charge in [0.25, 0.3) is 0 Å². The summed E-state index contributed by atoms with van der Waals surface area (Å²) in [7, 11) is 1.64. The number of hydrogen-bond acceptors (Lipinski definition) is 3. The first-order chi connectivity index (χ1) is 9.81. The van der Waals surface area contributed by atoms with Crippen LogP contribution in [0, 0.1) is 5.92 Å². The second-order valence-corrected chi connectivity index (χ2v) is 5.78. The number of fused-ring (bicyclic) bond motifs is 1. The lowest BCUT2D eigenvalue weighted by atomic mass is 9.83. The van der Waals surface area contributed by atoms with E-state index in [4.69, 9.17) is 16.3 Å². The minimum atomic E-state index is 0.587. The fourth-order valence-electron chi connectivity index (χ4n) is 2.75. The van der Waals surface area contributed by atoms with Crippen LogP contribution in [0.3, 0.4) is 0 Å². The Morgan fingerprint density at radius 3 is 2.85 bits per heavy atom. The summed E-state index contributed by atoms with van der Waals surface area (Å²) in [5.74, 6) is 3.14. The van der Waals surface area contributed by atoms with Gasteiger partial charge < -0.3 is 9.30 Å². The molecule has 4 nitrogen and oxygen atoms in total. The molecular weight excluding hydrogens is 274 g/mol. The van der Waals surface area contributed by atoms with Crippen molar-refractivity contribution in [2.24, 2.45) is 5.92 Å². The predicted molar refractivity (Wildman–Crippen MR) is 80.5 cm³/mol. The zero-order valence-corrected chi connectivity index (χ0v) is 12.6. The van der Waals surface area contributed by atoms with E-state index >= 15 is 0 Å². The Morgan fingerprint density at radius 2 is 2.20 bits per heavy atom. The number of imidazole rings is 1. The highest BCUT2D eigenvalue weighted by Crippen LogP contribution is 2.30. The molecule has 0 spiro atoms. The highest BCUT2D eigenvalue weighted by atomic mass is 35.5. The average Bonchev–Trinajstić information content (AvgIpc) is 2.74. The SMILES string of the molecule is COc1ccc2nc(CCCl)n(CCC3CCC3)c2n1. The Labute approximate surface area is 124 Å². The maximum absolute atomic E-state index is 5.90. The molecule has 2 aromatic heterocycles. The number of halogens is 1. The Bertz CT molecular complexity index is 592. The van der Waals surface area contributed by atoms with Gasteiger partial charge in [-0.15, -0.1) is 11.6 Å². The zero-order chi connectivity index (χ0) is 13.9. The highest BCUT2D eigenvalue weighted by Gasteiger charge is 2.19. The van der Waals surface area contributed by atoms with Gasteiger partial charge >= 0.3 is 0 Å². The molecule has 108 valence electrons. The van der Waals surface area contributed by atoms with Gasteiger partial charge in [-0.25, -0.2) is 4.98 Å². The maximum Gasteiger partial charge on any atom is 0.215 e. The van der Waals surface area contributed by atoms with Gasteiger partial charge in [-0.1, -0.05) is 19.3 Å². The maximum atomic E-state index is 5.90. The third-order valence-electron chi connectivity index (χ3n) is 4.16. The van der Waals surface area contributed by atoms with Crippen molar-refractivity contribution in [2.75, 3.05) is 13.0 Å². The summed E-state index contributed by atoms with van der Waals surface area (Å²) in [6.07, 6.45) is 6.11. The summed E-state index contributed by atoms with van der Waals surface area (Å²) in [5, 5.41) is 0. The van der Waals surface area contributed by atoms with Crippen LogP contribution in [0.15, 0.2) is 12.1 Å². The van der Waals surface area contributed by atoms with E-state index in [1.54, 1.807) is 7.11 Å². The lowest BCUT2D eigenvalue weighted by molar-refractivity contribution is 0.282. The van der Waals surface area contributed by atoms with Crippen LogP contribution in [-0.2, 0) is 13.0 Å². The Kier molecular flexibility index (Phi) is 4.10. The quantitative estimate of drug-likeness (QED) is 0.766. The molecular formula is C15H20ClN3O. The van der Waals surface area contributed by atoms with Gasteiger partial charge in [0, 0.05) is 24.9 Å². The van der Waals surface area contributed by atoms with E-state index in [-0.39, 0.29) is 0 Å². The van der Waals surface area contributed by atoms with Crippen molar-refractivity contribution in [1.82, 2.24) is 14.5 Å². The van der Waals surface area contributed by atoms with Crippen LogP contribution >= 0.6 is 11.6 Å². The minimum Gasteiger partial charge on any atom is -0.481 e. The van der Waals surface area contributed by atoms with Gasteiger partial charge in [0.15, 0.2) is 5.65 Å². The summed E-state index contributed by atoms with van der Waals surface area (Å²) in [6.45, 7) is 0.980. The summed E-state index contributed by atoms with van der Waals surface area (Å²) in [5.41, 5.74) is 1.85.